The van der Waals surface area contributed by atoms with Crippen LogP contribution in [-0.2, 0) is 4.79 Å². The molecule has 0 radical (unpaired) electrons. The second-order valence-corrected chi connectivity index (χ2v) is 6.34. The van der Waals surface area contributed by atoms with Gasteiger partial charge in [0.05, 0.1) is 26.1 Å². The Bertz CT molecular complexity index is 263. The first-order chi connectivity index (χ1) is 9.99. The summed E-state index contributed by atoms with van der Waals surface area (Å²) < 4.78 is 0.758. The van der Waals surface area contributed by atoms with Crippen LogP contribution < -0.4 is 0 Å². The molecule has 4 heteroatoms. The average Bonchev–Trinajstić information content (AvgIpc) is 2.42. The maximum Gasteiger partial charge on any atom is 0.309 e. The minimum Gasteiger partial charge on any atom is -0.481 e. The summed E-state index contributed by atoms with van der Waals surface area (Å²) >= 11 is 0. The van der Waals surface area contributed by atoms with Crippen molar-refractivity contribution in [1.29, 1.82) is 0 Å². The zero-order valence-electron chi connectivity index (χ0n) is 14.3. The highest BCUT2D eigenvalue weighted by Gasteiger charge is 2.29. The third-order valence-corrected chi connectivity index (χ3v) is 4.18. The van der Waals surface area contributed by atoms with E-state index in [2.05, 4.69) is 20.8 Å². The number of aliphatic hydroxyl groups excluding tert-OH is 1. The van der Waals surface area contributed by atoms with Crippen LogP contribution in [0.25, 0.3) is 0 Å². The van der Waals surface area contributed by atoms with Crippen LogP contribution in [0, 0.1) is 0 Å². The van der Waals surface area contributed by atoms with Crippen LogP contribution in [-0.4, -0.2) is 52.9 Å². The summed E-state index contributed by atoms with van der Waals surface area (Å²) in [6.07, 6.45) is 7.51. The molecule has 1 atom stereocenters. The number of hydrogen-bond donors (Lipinski definition) is 2. The molecule has 2 N–H and O–H groups in total. The lowest BCUT2D eigenvalue weighted by molar-refractivity contribution is -0.930. The van der Waals surface area contributed by atoms with E-state index in [1.165, 1.54) is 19.3 Å². The lowest BCUT2D eigenvalue weighted by atomic mass is 10.1. The molecule has 0 rings (SSSR count). The number of unbranched alkanes of at least 4 members (excludes halogenated alkanes) is 3. The predicted molar refractivity (Wildman–Crippen MR) is 87.3 cm³/mol. The molecule has 0 amide bonds. The van der Waals surface area contributed by atoms with E-state index in [-0.39, 0.29) is 12.5 Å². The van der Waals surface area contributed by atoms with Gasteiger partial charge in [0.1, 0.15) is 12.6 Å². The maximum absolute atomic E-state index is 10.9. The number of carboxylic acids is 1. The van der Waals surface area contributed by atoms with E-state index in [1.54, 1.807) is 0 Å². The number of carbonyl (C=O) groups is 1. The number of carboxylic acid groups (broad SMARTS) is 1. The van der Waals surface area contributed by atoms with Gasteiger partial charge in [-0.2, -0.15) is 0 Å². The molecule has 0 heterocycles. The summed E-state index contributed by atoms with van der Waals surface area (Å²) in [5, 5.41) is 19.3. The van der Waals surface area contributed by atoms with Crippen molar-refractivity contribution < 1.29 is 19.5 Å². The molecule has 0 spiro atoms. The zero-order valence-corrected chi connectivity index (χ0v) is 14.3. The number of aliphatic carboxylic acids is 1. The Morgan fingerprint density at radius 2 is 1.57 bits per heavy atom. The Kier molecular flexibility index (Phi) is 11.6. The Hall–Kier alpha value is -0.610. The van der Waals surface area contributed by atoms with Gasteiger partial charge in [-0.3, -0.25) is 4.79 Å². The molecule has 0 aromatic heterocycles. The summed E-state index contributed by atoms with van der Waals surface area (Å²) in [7, 11) is 0. The monoisotopic (exact) mass is 302 g/mol. The number of quaternary nitrogens is 1. The fourth-order valence-electron chi connectivity index (χ4n) is 3.24. The topological polar surface area (TPSA) is 57.5 Å². The van der Waals surface area contributed by atoms with Crippen LogP contribution >= 0.6 is 0 Å². The van der Waals surface area contributed by atoms with E-state index in [9.17, 15) is 9.90 Å². The summed E-state index contributed by atoms with van der Waals surface area (Å²) in [5.41, 5.74) is 0. The molecule has 0 aliphatic heterocycles. The van der Waals surface area contributed by atoms with Crippen LogP contribution in [0.5, 0.6) is 0 Å². The number of rotatable bonds is 14. The minimum atomic E-state index is -0.734. The van der Waals surface area contributed by atoms with Gasteiger partial charge >= 0.3 is 5.97 Å². The van der Waals surface area contributed by atoms with E-state index >= 15 is 0 Å². The highest BCUT2D eigenvalue weighted by atomic mass is 16.4. The molecule has 0 aromatic rings. The Labute approximate surface area is 130 Å². The van der Waals surface area contributed by atoms with Crippen LogP contribution in [0.15, 0.2) is 0 Å². The SMILES string of the molecule is CCCCCCC(O)C[N+](CCC)(CCC)CCC(=O)O. The maximum atomic E-state index is 10.9. The van der Waals surface area contributed by atoms with Crippen molar-refractivity contribution in [2.24, 2.45) is 0 Å². The van der Waals surface area contributed by atoms with Gasteiger partial charge in [-0.05, 0) is 19.3 Å². The summed E-state index contributed by atoms with van der Waals surface area (Å²) in [5.74, 6) is -0.734. The predicted octanol–water partition coefficient (Wildman–Crippen LogP) is 3.43. The quantitative estimate of drug-likeness (QED) is 0.382. The number of nitrogens with zero attached hydrogens (tertiary/aromatic N) is 1. The number of hydrogen-bond acceptors (Lipinski definition) is 2. The van der Waals surface area contributed by atoms with Gasteiger partial charge in [0.25, 0.3) is 0 Å². The largest absolute Gasteiger partial charge is 0.481 e. The molecule has 0 aromatic carbocycles. The van der Waals surface area contributed by atoms with E-state index in [0.717, 1.165) is 43.3 Å². The molecule has 21 heavy (non-hydrogen) atoms. The fourth-order valence-corrected chi connectivity index (χ4v) is 3.24. The second kappa shape index (κ2) is 12.0. The molecule has 4 nitrogen and oxygen atoms in total. The van der Waals surface area contributed by atoms with Gasteiger partial charge in [0.15, 0.2) is 0 Å². The minimum absolute atomic E-state index is 0.197. The van der Waals surface area contributed by atoms with E-state index in [0.29, 0.717) is 13.1 Å². The van der Waals surface area contributed by atoms with E-state index < -0.39 is 5.97 Å². The first kappa shape index (κ1) is 20.4. The summed E-state index contributed by atoms with van der Waals surface area (Å²) in [6.45, 7) is 9.74. The highest BCUT2D eigenvalue weighted by molar-refractivity contribution is 5.66. The Balaban J connectivity index is 4.49. The molecule has 0 aliphatic rings. The van der Waals surface area contributed by atoms with Gasteiger partial charge in [-0.25, -0.2) is 0 Å². The van der Waals surface area contributed by atoms with Crippen LogP contribution in [0.4, 0.5) is 0 Å². The average molecular weight is 302 g/mol. The van der Waals surface area contributed by atoms with Crippen LogP contribution in [0.1, 0.15) is 72.1 Å². The molecule has 126 valence electrons. The van der Waals surface area contributed by atoms with Crippen molar-refractivity contribution in [3.63, 3.8) is 0 Å². The lowest BCUT2D eigenvalue weighted by Gasteiger charge is -2.39. The van der Waals surface area contributed by atoms with Crippen molar-refractivity contribution >= 4 is 5.97 Å². The molecule has 0 bridgehead atoms. The number of aliphatic hydroxyl groups is 1. The molecule has 0 aliphatic carbocycles. The van der Waals surface area contributed by atoms with Gasteiger partial charge < -0.3 is 14.7 Å². The van der Waals surface area contributed by atoms with E-state index in [1.807, 2.05) is 0 Å². The molecule has 0 saturated carbocycles. The van der Waals surface area contributed by atoms with Crippen molar-refractivity contribution in [1.82, 2.24) is 0 Å². The highest BCUT2D eigenvalue weighted by Crippen LogP contribution is 2.16. The molecular weight excluding hydrogens is 266 g/mol. The first-order valence-electron chi connectivity index (χ1n) is 8.74. The third kappa shape index (κ3) is 9.86. The second-order valence-electron chi connectivity index (χ2n) is 6.34. The third-order valence-electron chi connectivity index (χ3n) is 4.18. The smallest absolute Gasteiger partial charge is 0.309 e. The van der Waals surface area contributed by atoms with E-state index in [4.69, 9.17) is 5.11 Å². The van der Waals surface area contributed by atoms with Gasteiger partial charge in [-0.1, -0.05) is 46.5 Å². The molecular formula is C17H36NO3+. The normalized spacial score (nSPS) is 13.3. The lowest BCUT2D eigenvalue weighted by Crippen LogP contribution is -2.54. The molecule has 0 saturated heterocycles. The van der Waals surface area contributed by atoms with Crippen molar-refractivity contribution in [3.05, 3.63) is 0 Å². The van der Waals surface area contributed by atoms with Crippen LogP contribution in [0.2, 0.25) is 0 Å². The van der Waals surface area contributed by atoms with Crippen molar-refractivity contribution in [2.45, 2.75) is 78.2 Å². The van der Waals surface area contributed by atoms with Gasteiger partial charge in [-0.15, -0.1) is 0 Å². The molecule has 0 fully saturated rings. The van der Waals surface area contributed by atoms with Crippen molar-refractivity contribution in [2.75, 3.05) is 26.2 Å². The standard InChI is InChI=1S/C17H35NO3/c1-4-7-8-9-10-16(19)15-18(12-5-2,13-6-3)14-11-17(20)21/h16,19H,4-15H2,1-3H3/p+1. The Morgan fingerprint density at radius 3 is 2.05 bits per heavy atom. The fraction of sp³-hybridized carbons (Fsp3) is 0.941. The summed E-state index contributed by atoms with van der Waals surface area (Å²) in [4.78, 5) is 10.9. The van der Waals surface area contributed by atoms with Crippen molar-refractivity contribution in [3.8, 4) is 0 Å². The zero-order chi connectivity index (χ0) is 16.1. The Morgan fingerprint density at radius 1 is 0.952 bits per heavy atom. The van der Waals surface area contributed by atoms with Gasteiger partial charge in [0, 0.05) is 0 Å². The van der Waals surface area contributed by atoms with Gasteiger partial charge in [0.2, 0.25) is 0 Å². The molecule has 1 unspecified atom stereocenters. The first-order valence-corrected chi connectivity index (χ1v) is 8.74. The summed E-state index contributed by atoms with van der Waals surface area (Å²) in [6, 6.07) is 0. The van der Waals surface area contributed by atoms with Crippen LogP contribution in [0.3, 0.4) is 0 Å².